The van der Waals surface area contributed by atoms with Gasteiger partial charge in [0.25, 0.3) is 0 Å². The van der Waals surface area contributed by atoms with Crippen molar-refractivity contribution in [1.29, 1.82) is 0 Å². The standard InChI is InChI=1S/C40H25N3S/c1-2-12-25-24(10-1)11-9-15-28(25)39-40(42-32-17-6-5-16-31(32)41-39)43-33-18-7-3-13-29(33)37-26-21-23-36-38(27(26)20-22-34(37)43)30-14-4-8-19-35(30)44-36/h1-23,31,41H. The van der Waals surface area contributed by atoms with Crippen molar-refractivity contribution in [2.45, 2.75) is 6.04 Å². The van der Waals surface area contributed by atoms with E-state index < -0.39 is 0 Å². The minimum Gasteiger partial charge on any atom is -0.370 e. The van der Waals surface area contributed by atoms with E-state index in [4.69, 9.17) is 4.99 Å². The van der Waals surface area contributed by atoms with Crippen LogP contribution in [-0.2, 0) is 0 Å². The van der Waals surface area contributed by atoms with Gasteiger partial charge in [-0.05, 0) is 51.9 Å². The van der Waals surface area contributed by atoms with Crippen molar-refractivity contribution in [1.82, 2.24) is 9.88 Å². The molecule has 1 unspecified atom stereocenters. The molecule has 44 heavy (non-hydrogen) atoms. The zero-order valence-corrected chi connectivity index (χ0v) is 24.5. The van der Waals surface area contributed by atoms with E-state index in [9.17, 15) is 0 Å². The molecule has 1 N–H and O–H groups in total. The normalized spacial score (nSPS) is 16.5. The predicted octanol–water partition coefficient (Wildman–Crippen LogP) is 10.3. The third-order valence-corrected chi connectivity index (χ3v) is 10.3. The van der Waals surface area contributed by atoms with Gasteiger partial charge < -0.3 is 5.32 Å². The van der Waals surface area contributed by atoms with E-state index in [2.05, 4.69) is 149 Å². The molecule has 8 aromatic rings. The van der Waals surface area contributed by atoms with Gasteiger partial charge in [-0.2, -0.15) is 0 Å². The highest BCUT2D eigenvalue weighted by atomic mass is 32.1. The van der Waals surface area contributed by atoms with Gasteiger partial charge in [-0.3, -0.25) is 4.57 Å². The summed E-state index contributed by atoms with van der Waals surface area (Å²) in [4.78, 5) is 5.43. The lowest BCUT2D eigenvalue weighted by molar-refractivity contribution is 0.872. The Morgan fingerprint density at radius 1 is 0.591 bits per heavy atom. The van der Waals surface area contributed by atoms with Gasteiger partial charge in [0.1, 0.15) is 0 Å². The SMILES string of the molecule is C1=CC2=NC(n3c4ccccc4c4c5ccc6sc7ccccc7c6c5ccc43)=C(c3cccc4ccccc34)NC2C=C1. The Morgan fingerprint density at radius 2 is 1.36 bits per heavy atom. The fourth-order valence-corrected chi connectivity index (χ4v) is 8.41. The third kappa shape index (κ3) is 3.29. The molecule has 1 atom stereocenters. The summed E-state index contributed by atoms with van der Waals surface area (Å²) in [5.74, 6) is 0.917. The molecule has 0 radical (unpaired) electrons. The fourth-order valence-electron chi connectivity index (χ4n) is 7.29. The van der Waals surface area contributed by atoms with Crippen LogP contribution in [0.3, 0.4) is 0 Å². The van der Waals surface area contributed by atoms with Crippen LogP contribution in [0.15, 0.2) is 145 Å². The highest BCUT2D eigenvalue weighted by Crippen LogP contribution is 2.44. The monoisotopic (exact) mass is 579 g/mol. The number of para-hydroxylation sites is 1. The number of fused-ring (bicyclic) bond motifs is 11. The number of thiophene rings is 1. The summed E-state index contributed by atoms with van der Waals surface area (Å²) in [5.41, 5.74) is 5.52. The molecule has 1 aliphatic heterocycles. The molecule has 1 aliphatic carbocycles. The molecule has 0 bridgehead atoms. The van der Waals surface area contributed by atoms with Crippen molar-refractivity contribution < 1.29 is 0 Å². The maximum Gasteiger partial charge on any atom is 0.162 e. The summed E-state index contributed by atoms with van der Waals surface area (Å²) in [6, 6.07) is 42.0. The summed E-state index contributed by atoms with van der Waals surface area (Å²) in [5, 5.41) is 14.1. The lowest BCUT2D eigenvalue weighted by Gasteiger charge is -2.29. The molecule has 0 spiro atoms. The molecule has 206 valence electrons. The number of aromatic nitrogens is 1. The predicted molar refractivity (Wildman–Crippen MR) is 190 cm³/mol. The van der Waals surface area contributed by atoms with Gasteiger partial charge in [-0.15, -0.1) is 11.3 Å². The largest absolute Gasteiger partial charge is 0.370 e. The maximum atomic E-state index is 5.43. The first kappa shape index (κ1) is 24.0. The quantitative estimate of drug-likeness (QED) is 0.217. The smallest absolute Gasteiger partial charge is 0.162 e. The molecular weight excluding hydrogens is 555 g/mol. The Hall–Kier alpha value is -5.45. The minimum atomic E-state index is 0.0202. The first-order chi connectivity index (χ1) is 21.8. The van der Waals surface area contributed by atoms with E-state index in [-0.39, 0.29) is 6.04 Å². The molecule has 3 heterocycles. The van der Waals surface area contributed by atoms with Gasteiger partial charge in [0.05, 0.1) is 28.5 Å². The zero-order valence-electron chi connectivity index (χ0n) is 23.7. The van der Waals surface area contributed by atoms with Crippen LogP contribution in [0.2, 0.25) is 0 Å². The van der Waals surface area contributed by atoms with Crippen LogP contribution in [0.4, 0.5) is 0 Å². The first-order valence-electron chi connectivity index (χ1n) is 15.0. The van der Waals surface area contributed by atoms with Crippen LogP contribution in [-0.4, -0.2) is 16.3 Å². The molecular formula is C40H25N3S. The highest BCUT2D eigenvalue weighted by molar-refractivity contribution is 7.26. The molecule has 2 aliphatic rings. The summed E-state index contributed by atoms with van der Waals surface area (Å²) in [6.45, 7) is 0. The number of benzene rings is 6. The molecule has 10 rings (SSSR count). The van der Waals surface area contributed by atoms with Gasteiger partial charge in [0.15, 0.2) is 5.82 Å². The topological polar surface area (TPSA) is 29.3 Å². The third-order valence-electron chi connectivity index (χ3n) is 9.20. The van der Waals surface area contributed by atoms with Crippen LogP contribution in [0.25, 0.3) is 75.0 Å². The van der Waals surface area contributed by atoms with Gasteiger partial charge in [-0.25, -0.2) is 4.99 Å². The summed E-state index contributed by atoms with van der Waals surface area (Å²) in [6.07, 6.45) is 8.49. The Bertz CT molecular complexity index is 2640. The van der Waals surface area contributed by atoms with Crippen molar-refractivity contribution >= 4 is 92.1 Å². The molecule has 6 aromatic carbocycles. The van der Waals surface area contributed by atoms with Gasteiger partial charge in [-0.1, -0.05) is 109 Å². The number of hydrogen-bond donors (Lipinski definition) is 1. The zero-order chi connectivity index (χ0) is 28.8. The molecule has 0 amide bonds. The number of hydrogen-bond acceptors (Lipinski definition) is 3. The lowest BCUT2D eigenvalue weighted by atomic mass is 9.98. The average molecular weight is 580 g/mol. The molecule has 0 fully saturated rings. The minimum absolute atomic E-state index is 0.0202. The van der Waals surface area contributed by atoms with E-state index in [1.54, 1.807) is 0 Å². The van der Waals surface area contributed by atoms with Crippen LogP contribution in [0.1, 0.15) is 5.56 Å². The van der Waals surface area contributed by atoms with Gasteiger partial charge in [0, 0.05) is 36.5 Å². The maximum absolute atomic E-state index is 5.43. The number of aliphatic imine (C=N–C) groups is 1. The Balaban J connectivity index is 1.35. The molecule has 0 saturated carbocycles. The van der Waals surface area contributed by atoms with E-state index in [1.807, 2.05) is 11.3 Å². The van der Waals surface area contributed by atoms with Crippen LogP contribution < -0.4 is 5.32 Å². The van der Waals surface area contributed by atoms with Crippen LogP contribution in [0, 0.1) is 0 Å². The molecule has 0 saturated heterocycles. The number of rotatable bonds is 2. The molecule has 3 nitrogen and oxygen atoms in total. The number of nitrogens with one attached hydrogen (secondary N) is 1. The van der Waals surface area contributed by atoms with Crippen LogP contribution >= 0.6 is 11.3 Å². The van der Waals surface area contributed by atoms with E-state index >= 15 is 0 Å². The Morgan fingerprint density at radius 3 is 2.32 bits per heavy atom. The van der Waals surface area contributed by atoms with Crippen molar-refractivity contribution in [2.75, 3.05) is 0 Å². The summed E-state index contributed by atoms with van der Waals surface area (Å²) < 4.78 is 5.03. The Kier molecular flexibility index (Phi) is 4.93. The highest BCUT2D eigenvalue weighted by Gasteiger charge is 2.28. The van der Waals surface area contributed by atoms with Crippen molar-refractivity contribution in [3.8, 4) is 0 Å². The molecule has 4 heteroatoms. The number of allylic oxidation sites excluding steroid dienone is 2. The lowest BCUT2D eigenvalue weighted by Crippen LogP contribution is -2.38. The van der Waals surface area contributed by atoms with Crippen molar-refractivity contribution in [2.24, 2.45) is 4.99 Å². The fraction of sp³-hybridized carbons (Fsp3) is 0.0250. The number of nitrogens with zero attached hydrogens (tertiary/aromatic N) is 2. The second-order valence-electron chi connectivity index (χ2n) is 11.6. The van der Waals surface area contributed by atoms with Crippen molar-refractivity contribution in [3.05, 3.63) is 145 Å². The van der Waals surface area contributed by atoms with Gasteiger partial charge >= 0.3 is 0 Å². The van der Waals surface area contributed by atoms with E-state index in [1.165, 1.54) is 52.5 Å². The van der Waals surface area contributed by atoms with Gasteiger partial charge in [0.2, 0.25) is 0 Å². The summed E-state index contributed by atoms with van der Waals surface area (Å²) >= 11 is 1.87. The van der Waals surface area contributed by atoms with E-state index in [0.29, 0.717) is 0 Å². The molecule has 2 aromatic heterocycles. The second kappa shape index (κ2) is 9.03. The van der Waals surface area contributed by atoms with Crippen LogP contribution in [0.5, 0.6) is 0 Å². The second-order valence-corrected chi connectivity index (χ2v) is 12.7. The average Bonchev–Trinajstić information content (AvgIpc) is 3.63. The van der Waals surface area contributed by atoms with Crippen molar-refractivity contribution in [3.63, 3.8) is 0 Å². The Labute approximate surface area is 257 Å². The summed E-state index contributed by atoms with van der Waals surface area (Å²) in [7, 11) is 0. The van der Waals surface area contributed by atoms with E-state index in [0.717, 1.165) is 33.8 Å². The first-order valence-corrected chi connectivity index (χ1v) is 15.8.